The van der Waals surface area contributed by atoms with Crippen molar-refractivity contribution in [3.8, 4) is 0 Å². The molecule has 2 unspecified atom stereocenters. The van der Waals surface area contributed by atoms with Gasteiger partial charge in [-0.2, -0.15) is 0 Å². The van der Waals surface area contributed by atoms with E-state index >= 15 is 0 Å². The molecule has 3 rings (SSSR count). The van der Waals surface area contributed by atoms with Crippen molar-refractivity contribution in [2.45, 2.75) is 70.8 Å². The summed E-state index contributed by atoms with van der Waals surface area (Å²) in [6.07, 6.45) is 6.33. The fourth-order valence-electron chi connectivity index (χ4n) is 4.36. The third kappa shape index (κ3) is 4.25. The minimum Gasteiger partial charge on any atom is -0.378 e. The molecular weight excluding hydrogens is 310 g/mol. The maximum absolute atomic E-state index is 13.1. The van der Waals surface area contributed by atoms with Gasteiger partial charge in [0.2, 0.25) is 5.91 Å². The van der Waals surface area contributed by atoms with E-state index < -0.39 is 0 Å². The van der Waals surface area contributed by atoms with Crippen LogP contribution in [0, 0.1) is 12.8 Å². The number of hydrogen-bond acceptors (Lipinski definition) is 2. The molecule has 0 spiro atoms. The Morgan fingerprint density at radius 2 is 1.88 bits per heavy atom. The van der Waals surface area contributed by atoms with Crippen LogP contribution in [0.2, 0.25) is 0 Å². The van der Waals surface area contributed by atoms with Gasteiger partial charge in [0.05, 0.1) is 6.10 Å². The zero-order valence-corrected chi connectivity index (χ0v) is 16.1. The van der Waals surface area contributed by atoms with Crippen LogP contribution in [-0.4, -0.2) is 36.6 Å². The molecule has 0 N–H and O–H groups in total. The van der Waals surface area contributed by atoms with Gasteiger partial charge >= 0.3 is 0 Å². The zero-order valence-electron chi connectivity index (χ0n) is 16.1. The fourth-order valence-corrected chi connectivity index (χ4v) is 4.36. The van der Waals surface area contributed by atoms with E-state index in [0.29, 0.717) is 18.2 Å². The number of nitrogens with zero attached hydrogens (tertiary/aromatic N) is 1. The predicted octanol–water partition coefficient (Wildman–Crippen LogP) is 4.47. The fraction of sp³-hybridized carbons (Fsp3) is 0.682. The van der Waals surface area contributed by atoms with Gasteiger partial charge in [0, 0.05) is 31.5 Å². The number of carbonyl (C=O) groups excluding carboxylic acids is 1. The number of ether oxygens (including phenoxy) is 1. The van der Waals surface area contributed by atoms with Crippen LogP contribution in [0.25, 0.3) is 0 Å². The molecule has 1 amide bonds. The molecule has 1 aromatic rings. The standard InChI is InChI=1S/C22H33NO2/c1-17(2)20-15-22(11-14-25-20,19-9-7-18(3)8-10-19)16-21(24)23-12-5-4-6-13-23/h7-10,17,20H,4-6,11-16H2,1-3H3. The van der Waals surface area contributed by atoms with Gasteiger partial charge in [-0.25, -0.2) is 0 Å². The molecule has 0 saturated carbocycles. The van der Waals surface area contributed by atoms with E-state index in [1.165, 1.54) is 17.5 Å². The lowest BCUT2D eigenvalue weighted by Gasteiger charge is -2.43. The molecule has 2 fully saturated rings. The molecule has 2 atom stereocenters. The number of amides is 1. The van der Waals surface area contributed by atoms with Crippen molar-refractivity contribution in [3.05, 3.63) is 35.4 Å². The minimum absolute atomic E-state index is 0.0740. The Hall–Kier alpha value is -1.35. The van der Waals surface area contributed by atoms with Crippen molar-refractivity contribution in [3.63, 3.8) is 0 Å². The smallest absolute Gasteiger partial charge is 0.223 e. The Morgan fingerprint density at radius 1 is 1.20 bits per heavy atom. The highest BCUT2D eigenvalue weighted by molar-refractivity contribution is 5.78. The van der Waals surface area contributed by atoms with E-state index in [9.17, 15) is 4.79 Å². The first-order chi connectivity index (χ1) is 12.0. The number of hydrogen-bond donors (Lipinski definition) is 0. The van der Waals surface area contributed by atoms with Crippen molar-refractivity contribution in [2.24, 2.45) is 5.92 Å². The zero-order chi connectivity index (χ0) is 17.9. The lowest BCUT2D eigenvalue weighted by atomic mass is 9.68. The van der Waals surface area contributed by atoms with Crippen molar-refractivity contribution in [2.75, 3.05) is 19.7 Å². The summed E-state index contributed by atoms with van der Waals surface area (Å²) in [5, 5.41) is 0. The normalized spacial score (nSPS) is 27.5. The molecule has 0 aliphatic carbocycles. The Morgan fingerprint density at radius 3 is 2.52 bits per heavy atom. The molecule has 2 aliphatic rings. The van der Waals surface area contributed by atoms with Gasteiger partial charge in [-0.1, -0.05) is 43.7 Å². The molecule has 2 aliphatic heterocycles. The van der Waals surface area contributed by atoms with E-state index in [2.05, 4.69) is 49.9 Å². The summed E-state index contributed by atoms with van der Waals surface area (Å²) in [6.45, 7) is 9.20. The average molecular weight is 344 g/mol. The Labute approximate surface area is 152 Å². The highest BCUT2D eigenvalue weighted by Crippen LogP contribution is 2.42. The number of carbonyl (C=O) groups is 1. The molecule has 138 valence electrons. The first-order valence-electron chi connectivity index (χ1n) is 9.97. The third-order valence-corrected chi connectivity index (χ3v) is 6.11. The van der Waals surface area contributed by atoms with Crippen LogP contribution >= 0.6 is 0 Å². The first-order valence-corrected chi connectivity index (χ1v) is 9.97. The number of rotatable bonds is 4. The van der Waals surface area contributed by atoms with Crippen LogP contribution in [0.1, 0.15) is 63.5 Å². The topological polar surface area (TPSA) is 29.5 Å². The van der Waals surface area contributed by atoms with Gasteiger partial charge in [-0.3, -0.25) is 4.79 Å². The van der Waals surface area contributed by atoms with Crippen molar-refractivity contribution in [1.29, 1.82) is 0 Å². The SMILES string of the molecule is Cc1ccc(C2(CC(=O)N3CCCCC3)CCOC(C(C)C)C2)cc1. The van der Waals surface area contributed by atoms with Crippen LogP contribution in [0.3, 0.4) is 0 Å². The largest absolute Gasteiger partial charge is 0.378 e. The molecule has 1 aromatic carbocycles. The maximum Gasteiger partial charge on any atom is 0.223 e. The van der Waals surface area contributed by atoms with E-state index in [1.54, 1.807) is 0 Å². The molecular formula is C22H33NO2. The number of benzene rings is 1. The summed E-state index contributed by atoms with van der Waals surface area (Å²) >= 11 is 0. The number of piperidine rings is 1. The highest BCUT2D eigenvalue weighted by Gasteiger charge is 2.42. The molecule has 2 saturated heterocycles. The molecule has 0 aromatic heterocycles. The van der Waals surface area contributed by atoms with E-state index in [4.69, 9.17) is 4.74 Å². The van der Waals surface area contributed by atoms with Crippen molar-refractivity contribution in [1.82, 2.24) is 4.90 Å². The summed E-state index contributed by atoms with van der Waals surface area (Å²) < 4.78 is 6.04. The second kappa shape index (κ2) is 7.90. The lowest BCUT2D eigenvalue weighted by molar-refractivity contribution is -0.135. The third-order valence-electron chi connectivity index (χ3n) is 6.11. The van der Waals surface area contributed by atoms with Crippen LogP contribution < -0.4 is 0 Å². The van der Waals surface area contributed by atoms with Crippen LogP contribution in [0.15, 0.2) is 24.3 Å². The quantitative estimate of drug-likeness (QED) is 0.807. The van der Waals surface area contributed by atoms with Gasteiger partial charge in [0.25, 0.3) is 0 Å². The van der Waals surface area contributed by atoms with Gasteiger partial charge in [-0.05, 0) is 50.5 Å². The van der Waals surface area contributed by atoms with E-state index in [0.717, 1.165) is 45.4 Å². The summed E-state index contributed by atoms with van der Waals surface area (Å²) in [6, 6.07) is 8.84. The van der Waals surface area contributed by atoms with Crippen molar-refractivity contribution < 1.29 is 9.53 Å². The predicted molar refractivity (Wildman–Crippen MR) is 102 cm³/mol. The lowest BCUT2D eigenvalue weighted by Crippen LogP contribution is -2.46. The van der Waals surface area contributed by atoms with Gasteiger partial charge in [-0.15, -0.1) is 0 Å². The molecule has 0 bridgehead atoms. The van der Waals surface area contributed by atoms with Crippen LogP contribution in [0.5, 0.6) is 0 Å². The average Bonchev–Trinajstić information content (AvgIpc) is 2.63. The summed E-state index contributed by atoms with van der Waals surface area (Å²) in [5.74, 6) is 0.819. The Kier molecular flexibility index (Phi) is 5.83. The summed E-state index contributed by atoms with van der Waals surface area (Å²) in [5.41, 5.74) is 2.52. The van der Waals surface area contributed by atoms with E-state index in [1.807, 2.05) is 0 Å². The highest BCUT2D eigenvalue weighted by atomic mass is 16.5. The molecule has 2 heterocycles. The first kappa shape index (κ1) is 18.4. The molecule has 3 nitrogen and oxygen atoms in total. The summed E-state index contributed by atoms with van der Waals surface area (Å²) in [4.78, 5) is 15.2. The van der Waals surface area contributed by atoms with Gasteiger partial charge < -0.3 is 9.64 Å². The molecule has 0 radical (unpaired) electrons. The molecule has 3 heteroatoms. The monoisotopic (exact) mass is 343 g/mol. The van der Waals surface area contributed by atoms with Gasteiger partial charge in [0.15, 0.2) is 0 Å². The Bertz CT molecular complexity index is 574. The van der Waals surface area contributed by atoms with Crippen LogP contribution in [0.4, 0.5) is 0 Å². The van der Waals surface area contributed by atoms with Gasteiger partial charge in [0.1, 0.15) is 0 Å². The second-order valence-corrected chi connectivity index (χ2v) is 8.37. The van der Waals surface area contributed by atoms with Crippen LogP contribution in [-0.2, 0) is 14.9 Å². The molecule has 25 heavy (non-hydrogen) atoms. The Balaban J connectivity index is 1.85. The minimum atomic E-state index is -0.0740. The van der Waals surface area contributed by atoms with E-state index in [-0.39, 0.29) is 11.5 Å². The number of aryl methyl sites for hydroxylation is 1. The second-order valence-electron chi connectivity index (χ2n) is 8.37. The number of likely N-dealkylation sites (tertiary alicyclic amines) is 1. The summed E-state index contributed by atoms with van der Waals surface area (Å²) in [7, 11) is 0. The maximum atomic E-state index is 13.1. The van der Waals surface area contributed by atoms with Crippen molar-refractivity contribution >= 4 is 5.91 Å².